The van der Waals surface area contributed by atoms with E-state index in [0.717, 1.165) is 38.5 Å². The molecule has 0 bridgehead atoms. The number of nitrogens with one attached hydrogen (secondary N) is 2. The Kier molecular flexibility index (Phi) is 6.18. The molecule has 1 aliphatic rings. The molecule has 21 heavy (non-hydrogen) atoms. The molecule has 1 aromatic rings. The van der Waals surface area contributed by atoms with Crippen LogP contribution in [0.2, 0.25) is 0 Å². The van der Waals surface area contributed by atoms with E-state index in [1.807, 2.05) is 6.07 Å². The molecule has 1 atom stereocenters. The van der Waals surface area contributed by atoms with Crippen LogP contribution in [0.3, 0.4) is 0 Å². The molecule has 4 heteroatoms. The van der Waals surface area contributed by atoms with Crippen molar-refractivity contribution in [3.8, 4) is 0 Å². The molecule has 1 fully saturated rings. The number of aryl methyl sites for hydroxylation is 1. The third kappa shape index (κ3) is 5.46. The minimum Gasteiger partial charge on any atom is -0.360 e. The first-order chi connectivity index (χ1) is 10.1. The van der Waals surface area contributed by atoms with Gasteiger partial charge in [-0.1, -0.05) is 43.2 Å². The van der Waals surface area contributed by atoms with Crippen molar-refractivity contribution < 1.29 is 4.79 Å². The smallest absolute Gasteiger partial charge is 0.229 e. The van der Waals surface area contributed by atoms with Gasteiger partial charge in [-0.15, -0.1) is 0 Å². The van der Waals surface area contributed by atoms with Crippen LogP contribution in [0.4, 0.5) is 0 Å². The maximum atomic E-state index is 12.0. The summed E-state index contributed by atoms with van der Waals surface area (Å²) >= 11 is 5.23. The molecular weight excluding hydrogens is 280 g/mol. The van der Waals surface area contributed by atoms with E-state index in [-0.39, 0.29) is 17.9 Å². The lowest BCUT2D eigenvalue weighted by molar-refractivity contribution is -0.123. The summed E-state index contributed by atoms with van der Waals surface area (Å²) in [5.41, 5.74) is 1.33. The molecule has 1 aromatic carbocycles. The molecule has 2 rings (SSSR count). The lowest BCUT2D eigenvalue weighted by Crippen LogP contribution is -2.45. The number of hydrogen-bond acceptors (Lipinski definition) is 2. The molecule has 2 N–H and O–H groups in total. The van der Waals surface area contributed by atoms with Crippen LogP contribution in [0.5, 0.6) is 0 Å². The van der Waals surface area contributed by atoms with E-state index < -0.39 is 0 Å². The van der Waals surface area contributed by atoms with E-state index in [9.17, 15) is 4.79 Å². The molecular formula is C17H24N2OS. The van der Waals surface area contributed by atoms with Crippen molar-refractivity contribution in [3.63, 3.8) is 0 Å². The van der Waals surface area contributed by atoms with Crippen molar-refractivity contribution in [1.82, 2.24) is 10.6 Å². The molecule has 1 saturated carbocycles. The molecule has 0 saturated heterocycles. The van der Waals surface area contributed by atoms with Crippen molar-refractivity contribution in [2.75, 3.05) is 0 Å². The second kappa shape index (κ2) is 8.13. The number of thiocarbonyl (C=S) groups is 1. The third-order valence-corrected chi connectivity index (χ3v) is 4.27. The highest BCUT2D eigenvalue weighted by Crippen LogP contribution is 2.24. The molecule has 0 aromatic heterocycles. The summed E-state index contributed by atoms with van der Waals surface area (Å²) in [7, 11) is 0. The Morgan fingerprint density at radius 2 is 1.95 bits per heavy atom. The van der Waals surface area contributed by atoms with Gasteiger partial charge in [0.15, 0.2) is 5.11 Å². The Hall–Kier alpha value is -1.42. The number of carbonyl (C=O) groups is 1. The summed E-state index contributed by atoms with van der Waals surface area (Å²) in [6.45, 7) is 2.09. The van der Waals surface area contributed by atoms with E-state index in [4.69, 9.17) is 12.2 Å². The fourth-order valence-corrected chi connectivity index (χ4v) is 3.06. The van der Waals surface area contributed by atoms with Crippen molar-refractivity contribution in [3.05, 3.63) is 35.9 Å². The van der Waals surface area contributed by atoms with E-state index in [1.165, 1.54) is 5.56 Å². The topological polar surface area (TPSA) is 41.1 Å². The van der Waals surface area contributed by atoms with Gasteiger partial charge < -0.3 is 10.6 Å². The average Bonchev–Trinajstić information content (AvgIpc) is 3.00. The van der Waals surface area contributed by atoms with Gasteiger partial charge in [-0.25, -0.2) is 0 Å². The Balaban J connectivity index is 1.68. The van der Waals surface area contributed by atoms with Crippen LogP contribution in [0.1, 0.15) is 44.6 Å². The maximum Gasteiger partial charge on any atom is 0.229 e. The lowest BCUT2D eigenvalue weighted by atomic mass is 10.1. The second-order valence-electron chi connectivity index (χ2n) is 5.87. The normalized spacial score (nSPS) is 16.4. The van der Waals surface area contributed by atoms with Crippen LogP contribution in [0.15, 0.2) is 30.3 Å². The zero-order valence-electron chi connectivity index (χ0n) is 12.6. The molecule has 0 unspecified atom stereocenters. The van der Waals surface area contributed by atoms with E-state index in [2.05, 4.69) is 41.8 Å². The molecule has 1 amide bonds. The quantitative estimate of drug-likeness (QED) is 0.821. The van der Waals surface area contributed by atoms with Gasteiger partial charge in [0.1, 0.15) is 0 Å². The largest absolute Gasteiger partial charge is 0.360 e. The van der Waals surface area contributed by atoms with Gasteiger partial charge in [0, 0.05) is 12.0 Å². The predicted molar refractivity (Wildman–Crippen MR) is 90.1 cm³/mol. The molecule has 1 aliphatic carbocycles. The zero-order chi connectivity index (χ0) is 15.1. The summed E-state index contributed by atoms with van der Waals surface area (Å²) in [5.74, 6) is 0.240. The minimum absolute atomic E-state index is 0.0836. The predicted octanol–water partition coefficient (Wildman–Crippen LogP) is 3.19. The Bertz CT molecular complexity index is 469. The first-order valence-corrected chi connectivity index (χ1v) is 8.21. The molecule has 0 radical (unpaired) electrons. The van der Waals surface area contributed by atoms with E-state index in [0.29, 0.717) is 5.11 Å². The molecule has 0 spiro atoms. The van der Waals surface area contributed by atoms with Gasteiger partial charge in [-0.2, -0.15) is 0 Å². The van der Waals surface area contributed by atoms with Crippen LogP contribution < -0.4 is 10.6 Å². The van der Waals surface area contributed by atoms with Crippen LogP contribution in [0, 0.1) is 5.92 Å². The number of hydrogen-bond donors (Lipinski definition) is 2. The van der Waals surface area contributed by atoms with Crippen molar-refractivity contribution >= 4 is 23.2 Å². The standard InChI is InChI=1S/C17H24N2OS/c1-13(11-12-14-7-3-2-4-8-14)18-17(21)19-16(20)15-9-5-6-10-15/h2-4,7-8,13,15H,5-6,9-12H2,1H3,(H2,18,19,20,21)/t13-/m0/s1. The van der Waals surface area contributed by atoms with Crippen LogP contribution in [-0.2, 0) is 11.2 Å². The summed E-state index contributed by atoms with van der Waals surface area (Å²) < 4.78 is 0. The Morgan fingerprint density at radius 1 is 1.29 bits per heavy atom. The number of benzene rings is 1. The van der Waals surface area contributed by atoms with Crippen molar-refractivity contribution in [1.29, 1.82) is 0 Å². The van der Waals surface area contributed by atoms with Crippen molar-refractivity contribution in [2.45, 2.75) is 51.5 Å². The summed E-state index contributed by atoms with van der Waals surface area (Å²) in [6.07, 6.45) is 6.31. The SMILES string of the molecule is C[C@@H](CCc1ccccc1)NC(=S)NC(=O)C1CCCC1. The zero-order valence-corrected chi connectivity index (χ0v) is 13.4. The fraction of sp³-hybridized carbons (Fsp3) is 0.529. The van der Waals surface area contributed by atoms with E-state index >= 15 is 0 Å². The number of amides is 1. The van der Waals surface area contributed by atoms with Gasteiger partial charge in [0.2, 0.25) is 5.91 Å². The third-order valence-electron chi connectivity index (χ3n) is 4.05. The first kappa shape index (κ1) is 16.0. The molecule has 0 heterocycles. The average molecular weight is 304 g/mol. The Morgan fingerprint density at radius 3 is 2.62 bits per heavy atom. The number of rotatable bonds is 5. The molecule has 114 valence electrons. The van der Waals surface area contributed by atoms with Gasteiger partial charge in [0.05, 0.1) is 0 Å². The van der Waals surface area contributed by atoms with E-state index in [1.54, 1.807) is 0 Å². The van der Waals surface area contributed by atoms with Crippen LogP contribution in [-0.4, -0.2) is 17.1 Å². The summed E-state index contributed by atoms with van der Waals surface area (Å²) in [5, 5.41) is 6.50. The van der Waals surface area contributed by atoms with Gasteiger partial charge in [-0.05, 0) is 50.4 Å². The fourth-order valence-electron chi connectivity index (χ4n) is 2.76. The van der Waals surface area contributed by atoms with Crippen LogP contribution >= 0.6 is 12.2 Å². The van der Waals surface area contributed by atoms with Crippen molar-refractivity contribution in [2.24, 2.45) is 5.92 Å². The maximum absolute atomic E-state index is 12.0. The molecule has 0 aliphatic heterocycles. The van der Waals surface area contributed by atoms with Gasteiger partial charge in [0.25, 0.3) is 0 Å². The number of carbonyl (C=O) groups excluding carboxylic acids is 1. The highest BCUT2D eigenvalue weighted by molar-refractivity contribution is 7.80. The highest BCUT2D eigenvalue weighted by Gasteiger charge is 2.23. The molecule has 3 nitrogen and oxygen atoms in total. The summed E-state index contributed by atoms with van der Waals surface area (Å²) in [4.78, 5) is 12.0. The van der Waals surface area contributed by atoms with Gasteiger partial charge >= 0.3 is 0 Å². The second-order valence-corrected chi connectivity index (χ2v) is 6.28. The van der Waals surface area contributed by atoms with Crippen LogP contribution in [0.25, 0.3) is 0 Å². The lowest BCUT2D eigenvalue weighted by Gasteiger charge is -2.17. The Labute approximate surface area is 132 Å². The van der Waals surface area contributed by atoms with Gasteiger partial charge in [-0.3, -0.25) is 4.79 Å². The monoisotopic (exact) mass is 304 g/mol. The first-order valence-electron chi connectivity index (χ1n) is 7.80. The highest BCUT2D eigenvalue weighted by atomic mass is 32.1. The minimum atomic E-state index is 0.0836. The summed E-state index contributed by atoms with van der Waals surface area (Å²) in [6, 6.07) is 10.7.